The highest BCUT2D eigenvalue weighted by molar-refractivity contribution is 5.88. The Kier molecular flexibility index (Phi) is 4.98. The van der Waals surface area contributed by atoms with Crippen molar-refractivity contribution >= 4 is 17.7 Å². The van der Waals surface area contributed by atoms with E-state index in [9.17, 15) is 4.79 Å². The van der Waals surface area contributed by atoms with Crippen LogP contribution in [0.3, 0.4) is 0 Å². The first kappa shape index (κ1) is 15.8. The highest BCUT2D eigenvalue weighted by Gasteiger charge is 2.10. The Morgan fingerprint density at radius 3 is 2.82 bits per heavy atom. The van der Waals surface area contributed by atoms with Crippen molar-refractivity contribution in [2.45, 2.75) is 26.3 Å². The topological polar surface area (TPSA) is 85.9 Å². The molecule has 0 aliphatic rings. The molecule has 0 saturated carbocycles. The van der Waals surface area contributed by atoms with Gasteiger partial charge >= 0.3 is 6.03 Å². The third kappa shape index (κ3) is 4.47. The molecule has 0 spiro atoms. The number of aromatic amines is 1. The fourth-order valence-corrected chi connectivity index (χ4v) is 2.06. The highest BCUT2D eigenvalue weighted by atomic mass is 16.2. The Bertz CT molecular complexity index is 636. The van der Waals surface area contributed by atoms with E-state index in [-0.39, 0.29) is 12.1 Å². The molecule has 2 aromatic heterocycles. The average molecular weight is 302 g/mol. The fraction of sp³-hybridized carbons (Fsp3) is 0.400. The number of carbonyl (C=O) groups excluding carboxylic acids is 1. The molecule has 0 aromatic carbocycles. The maximum Gasteiger partial charge on any atom is 0.320 e. The Morgan fingerprint density at radius 2 is 2.18 bits per heavy atom. The molecule has 0 radical (unpaired) electrons. The third-order valence-corrected chi connectivity index (χ3v) is 3.09. The number of carbonyl (C=O) groups is 1. The summed E-state index contributed by atoms with van der Waals surface area (Å²) in [5.74, 6) is 1.31. The molecule has 7 heteroatoms. The van der Waals surface area contributed by atoms with E-state index in [0.29, 0.717) is 12.2 Å². The molecule has 0 aliphatic carbocycles. The van der Waals surface area contributed by atoms with Crippen LogP contribution in [0.5, 0.6) is 0 Å². The van der Waals surface area contributed by atoms with Crippen molar-refractivity contribution in [1.29, 1.82) is 0 Å². The summed E-state index contributed by atoms with van der Waals surface area (Å²) < 4.78 is 0. The second-order valence-corrected chi connectivity index (χ2v) is 5.52. The van der Waals surface area contributed by atoms with Crippen LogP contribution in [0, 0.1) is 6.92 Å². The number of aromatic nitrogens is 3. The van der Waals surface area contributed by atoms with Crippen LogP contribution >= 0.6 is 0 Å². The zero-order valence-corrected chi connectivity index (χ0v) is 13.3. The lowest BCUT2D eigenvalue weighted by Crippen LogP contribution is -2.37. The summed E-state index contributed by atoms with van der Waals surface area (Å²) in [5, 5.41) is 12.7. The average Bonchev–Trinajstić information content (AvgIpc) is 2.83. The van der Waals surface area contributed by atoms with Gasteiger partial charge in [0, 0.05) is 32.3 Å². The van der Waals surface area contributed by atoms with Crippen molar-refractivity contribution in [1.82, 2.24) is 20.5 Å². The van der Waals surface area contributed by atoms with Crippen molar-refractivity contribution < 1.29 is 4.79 Å². The van der Waals surface area contributed by atoms with E-state index in [2.05, 4.69) is 25.8 Å². The molecule has 22 heavy (non-hydrogen) atoms. The predicted octanol–water partition coefficient (Wildman–Crippen LogP) is 1.93. The second-order valence-electron chi connectivity index (χ2n) is 5.52. The lowest BCUT2D eigenvalue weighted by Gasteiger charge is -2.15. The van der Waals surface area contributed by atoms with Crippen LogP contribution in [0.25, 0.3) is 0 Å². The van der Waals surface area contributed by atoms with E-state index in [1.165, 1.54) is 0 Å². The van der Waals surface area contributed by atoms with Crippen LogP contribution in [0.1, 0.15) is 18.3 Å². The number of rotatable bonds is 5. The van der Waals surface area contributed by atoms with Gasteiger partial charge in [-0.1, -0.05) is 6.07 Å². The molecule has 118 valence electrons. The molecule has 0 saturated heterocycles. The van der Waals surface area contributed by atoms with Gasteiger partial charge in [-0.3, -0.25) is 10.4 Å². The summed E-state index contributed by atoms with van der Waals surface area (Å²) in [6, 6.07) is 7.16. The Morgan fingerprint density at radius 1 is 1.41 bits per heavy atom. The van der Waals surface area contributed by atoms with Crippen LogP contribution in [0.2, 0.25) is 0 Å². The summed E-state index contributed by atoms with van der Waals surface area (Å²) in [4.78, 5) is 18.2. The zero-order chi connectivity index (χ0) is 16.1. The van der Waals surface area contributed by atoms with Gasteiger partial charge in [0.2, 0.25) is 0 Å². The smallest absolute Gasteiger partial charge is 0.320 e. The van der Waals surface area contributed by atoms with Gasteiger partial charge in [-0.25, -0.2) is 9.78 Å². The number of hydrogen-bond donors (Lipinski definition) is 3. The number of hydrogen-bond acceptors (Lipinski definition) is 4. The maximum absolute atomic E-state index is 12.0. The summed E-state index contributed by atoms with van der Waals surface area (Å²) in [6.45, 7) is 3.89. The molecular weight excluding hydrogens is 280 g/mol. The molecule has 2 aromatic rings. The summed E-state index contributed by atoms with van der Waals surface area (Å²) in [6.07, 6.45) is 0.670. The molecule has 2 heterocycles. The van der Waals surface area contributed by atoms with Gasteiger partial charge in [0.25, 0.3) is 0 Å². The van der Waals surface area contributed by atoms with E-state index < -0.39 is 0 Å². The van der Waals surface area contributed by atoms with E-state index in [4.69, 9.17) is 0 Å². The van der Waals surface area contributed by atoms with Gasteiger partial charge in [0.1, 0.15) is 11.6 Å². The Labute approximate surface area is 130 Å². The first-order chi connectivity index (χ1) is 10.4. The lowest BCUT2D eigenvalue weighted by atomic mass is 10.2. The molecule has 0 fully saturated rings. The van der Waals surface area contributed by atoms with Gasteiger partial charge in [0.15, 0.2) is 0 Å². The van der Waals surface area contributed by atoms with Crippen LogP contribution in [-0.2, 0) is 6.42 Å². The number of H-pyrrole nitrogens is 1. The number of aryl methyl sites for hydroxylation is 1. The van der Waals surface area contributed by atoms with Gasteiger partial charge in [-0.2, -0.15) is 5.10 Å². The normalized spacial score (nSPS) is 11.8. The summed E-state index contributed by atoms with van der Waals surface area (Å²) >= 11 is 0. The van der Waals surface area contributed by atoms with Crippen molar-refractivity contribution in [3.8, 4) is 0 Å². The Balaban J connectivity index is 1.88. The van der Waals surface area contributed by atoms with E-state index in [1.54, 1.807) is 6.07 Å². The molecule has 2 amide bonds. The van der Waals surface area contributed by atoms with Crippen molar-refractivity contribution in [2.75, 3.05) is 24.3 Å². The highest BCUT2D eigenvalue weighted by Crippen LogP contribution is 2.11. The number of pyridine rings is 1. The van der Waals surface area contributed by atoms with Crippen LogP contribution in [0.15, 0.2) is 24.3 Å². The number of nitrogens with zero attached hydrogens (tertiary/aromatic N) is 3. The molecule has 0 unspecified atom stereocenters. The lowest BCUT2D eigenvalue weighted by molar-refractivity contribution is 0.249. The first-order valence-corrected chi connectivity index (χ1v) is 7.17. The molecule has 0 aliphatic heterocycles. The van der Waals surface area contributed by atoms with Crippen LogP contribution in [-0.4, -0.2) is 41.3 Å². The molecule has 1 atom stereocenters. The first-order valence-electron chi connectivity index (χ1n) is 7.17. The zero-order valence-electron chi connectivity index (χ0n) is 13.3. The van der Waals surface area contributed by atoms with E-state index >= 15 is 0 Å². The monoisotopic (exact) mass is 302 g/mol. The van der Waals surface area contributed by atoms with Gasteiger partial charge in [0.05, 0.1) is 5.69 Å². The number of amides is 2. The Hall–Kier alpha value is -2.57. The molecule has 0 bridgehead atoms. The molecule has 3 N–H and O–H groups in total. The minimum atomic E-state index is -0.275. The number of nitrogens with one attached hydrogen (secondary N) is 3. The standard InChI is InChI=1S/C15H22N6O/c1-10(8-12-9-11(2)19-20-12)16-15(22)18-13-6-5-7-14(17-13)21(3)4/h5-7,9-10H,8H2,1-4H3,(H,19,20)(H2,16,17,18,22)/t10-/m1/s1. The van der Waals surface area contributed by atoms with Gasteiger partial charge < -0.3 is 10.2 Å². The quantitative estimate of drug-likeness (QED) is 0.788. The van der Waals surface area contributed by atoms with Gasteiger partial charge in [-0.15, -0.1) is 0 Å². The summed E-state index contributed by atoms with van der Waals surface area (Å²) in [7, 11) is 3.81. The predicted molar refractivity (Wildman–Crippen MR) is 87.2 cm³/mol. The minimum absolute atomic E-state index is 0.0280. The summed E-state index contributed by atoms with van der Waals surface area (Å²) in [5.41, 5.74) is 1.94. The molecule has 7 nitrogen and oxygen atoms in total. The largest absolute Gasteiger partial charge is 0.363 e. The van der Waals surface area contributed by atoms with Crippen molar-refractivity contribution in [2.24, 2.45) is 0 Å². The van der Waals surface area contributed by atoms with Crippen molar-refractivity contribution in [3.63, 3.8) is 0 Å². The maximum atomic E-state index is 12.0. The molecular formula is C15H22N6O. The van der Waals surface area contributed by atoms with Crippen LogP contribution < -0.4 is 15.5 Å². The second kappa shape index (κ2) is 6.93. The van der Waals surface area contributed by atoms with Crippen LogP contribution in [0.4, 0.5) is 16.4 Å². The van der Waals surface area contributed by atoms with E-state index in [0.717, 1.165) is 17.2 Å². The van der Waals surface area contributed by atoms with Crippen molar-refractivity contribution in [3.05, 3.63) is 35.7 Å². The third-order valence-electron chi connectivity index (χ3n) is 3.09. The number of anilines is 2. The van der Waals surface area contributed by atoms with E-state index in [1.807, 2.05) is 51.0 Å². The molecule has 2 rings (SSSR count). The SMILES string of the molecule is Cc1cc(C[C@@H](C)NC(=O)Nc2cccc(N(C)C)n2)n[nH]1. The minimum Gasteiger partial charge on any atom is -0.363 e. The van der Waals surface area contributed by atoms with Gasteiger partial charge in [-0.05, 0) is 32.0 Å². The fourth-order valence-electron chi connectivity index (χ4n) is 2.06. The number of urea groups is 1.